The highest BCUT2D eigenvalue weighted by Crippen LogP contribution is 2.33. The van der Waals surface area contributed by atoms with E-state index in [2.05, 4.69) is 37.3 Å². The highest BCUT2D eigenvalue weighted by atomic mass is 19.4. The molecule has 0 saturated heterocycles. The van der Waals surface area contributed by atoms with Gasteiger partial charge in [-0.2, -0.15) is 13.2 Å². The normalized spacial score (nSPS) is 12.3. The Morgan fingerprint density at radius 2 is 1.18 bits per heavy atom. The van der Waals surface area contributed by atoms with Crippen molar-refractivity contribution in [2.75, 3.05) is 0 Å². The van der Waals surface area contributed by atoms with E-state index in [1.165, 1.54) is 44.1 Å². The van der Waals surface area contributed by atoms with Crippen molar-refractivity contribution in [2.45, 2.75) is 103 Å². The van der Waals surface area contributed by atoms with Crippen LogP contribution in [0.1, 0.15) is 100 Å². The maximum absolute atomic E-state index is 13.5. The van der Waals surface area contributed by atoms with E-state index in [0.29, 0.717) is 12.8 Å². The second kappa shape index (κ2) is 16.2. The van der Waals surface area contributed by atoms with Crippen LogP contribution >= 0.6 is 0 Å². The van der Waals surface area contributed by atoms with Crippen LogP contribution in [0.2, 0.25) is 0 Å². The maximum Gasteiger partial charge on any atom is 0.425 e. The molecule has 1 unspecified atom stereocenters. The first-order valence-corrected chi connectivity index (χ1v) is 14.9. The summed E-state index contributed by atoms with van der Waals surface area (Å²) in [6.07, 6.45) is 4.75. The fraction of sp³-hybridized carbons (Fsp3) is 0.457. The monoisotopic (exact) mass is 552 g/mol. The van der Waals surface area contributed by atoms with Crippen LogP contribution in [0.5, 0.6) is 0 Å². The molecule has 0 heterocycles. The number of hydrogen-bond acceptors (Lipinski definition) is 2. The molecule has 0 N–H and O–H groups in total. The van der Waals surface area contributed by atoms with Crippen LogP contribution in [-0.4, -0.2) is 18.2 Å². The van der Waals surface area contributed by atoms with Crippen molar-refractivity contribution in [1.82, 2.24) is 0 Å². The summed E-state index contributed by atoms with van der Waals surface area (Å²) < 4.78 is 45.3. The summed E-state index contributed by atoms with van der Waals surface area (Å²) in [4.78, 5) is 12.6. The molecule has 0 radical (unpaired) electrons. The Morgan fingerprint density at radius 1 is 0.675 bits per heavy atom. The van der Waals surface area contributed by atoms with E-state index in [1.807, 2.05) is 25.1 Å². The first-order chi connectivity index (χ1) is 19.3. The average Bonchev–Trinajstić information content (AvgIpc) is 2.96. The van der Waals surface area contributed by atoms with E-state index in [4.69, 9.17) is 4.74 Å². The molecular formula is C35H43F3O2. The van der Waals surface area contributed by atoms with Crippen LogP contribution in [0.4, 0.5) is 13.2 Å². The highest BCUT2D eigenvalue weighted by Gasteiger charge is 2.42. The Labute approximate surface area is 238 Å². The molecule has 0 spiro atoms. The third-order valence-corrected chi connectivity index (χ3v) is 7.38. The molecule has 0 aliphatic heterocycles. The molecule has 3 rings (SSSR count). The molecule has 3 aromatic rings. The minimum atomic E-state index is -4.58. The molecule has 216 valence electrons. The van der Waals surface area contributed by atoms with Crippen molar-refractivity contribution in [3.63, 3.8) is 0 Å². The van der Waals surface area contributed by atoms with Crippen LogP contribution < -0.4 is 0 Å². The molecule has 0 saturated carbocycles. The molecule has 0 aromatic heterocycles. The molecule has 40 heavy (non-hydrogen) atoms. The summed E-state index contributed by atoms with van der Waals surface area (Å²) in [6.45, 7) is 4.23. The summed E-state index contributed by atoms with van der Waals surface area (Å²) in [6, 6.07) is 23.3. The van der Waals surface area contributed by atoms with Crippen LogP contribution in [0, 0.1) is 0 Å². The van der Waals surface area contributed by atoms with Gasteiger partial charge in [0.25, 0.3) is 0 Å². The number of halogens is 3. The number of rotatable bonds is 16. The first-order valence-electron chi connectivity index (χ1n) is 14.9. The fourth-order valence-corrected chi connectivity index (χ4v) is 4.98. The number of carbonyl (C=O) groups excluding carboxylic acids is 1. The summed E-state index contributed by atoms with van der Waals surface area (Å²) in [5.41, 5.74) is 5.49. The van der Waals surface area contributed by atoms with Crippen LogP contribution in [0.25, 0.3) is 22.3 Å². The minimum Gasteiger partial charge on any atom is -0.449 e. The van der Waals surface area contributed by atoms with E-state index in [9.17, 15) is 18.0 Å². The van der Waals surface area contributed by atoms with Gasteiger partial charge >= 0.3 is 12.1 Å². The lowest BCUT2D eigenvalue weighted by atomic mass is 9.93. The van der Waals surface area contributed by atoms with E-state index in [-0.39, 0.29) is 12.0 Å². The number of unbranched alkanes of at least 4 members (excludes halogenated alkanes) is 8. The molecule has 0 fully saturated rings. The van der Waals surface area contributed by atoms with Crippen molar-refractivity contribution in [3.8, 4) is 22.3 Å². The van der Waals surface area contributed by atoms with Gasteiger partial charge in [-0.05, 0) is 65.6 Å². The van der Waals surface area contributed by atoms with Gasteiger partial charge < -0.3 is 4.74 Å². The Bertz CT molecular complexity index is 1150. The second-order valence-electron chi connectivity index (χ2n) is 10.6. The number of carbonyl (C=O) groups is 1. The van der Waals surface area contributed by atoms with Crippen molar-refractivity contribution in [3.05, 3.63) is 83.9 Å². The number of aryl methyl sites for hydroxylation is 1. The van der Waals surface area contributed by atoms with Gasteiger partial charge in [0.15, 0.2) is 6.10 Å². The first kappa shape index (κ1) is 31.4. The highest BCUT2D eigenvalue weighted by molar-refractivity contribution is 5.91. The molecule has 2 nitrogen and oxygen atoms in total. The van der Waals surface area contributed by atoms with Gasteiger partial charge in [-0.3, -0.25) is 0 Å². The topological polar surface area (TPSA) is 26.3 Å². The summed E-state index contributed by atoms with van der Waals surface area (Å²) in [7, 11) is 0. The molecule has 0 amide bonds. The largest absolute Gasteiger partial charge is 0.449 e. The lowest BCUT2D eigenvalue weighted by Gasteiger charge is -2.20. The number of benzene rings is 3. The number of alkyl halides is 3. The fourth-order valence-electron chi connectivity index (χ4n) is 4.98. The predicted molar refractivity (Wildman–Crippen MR) is 158 cm³/mol. The van der Waals surface area contributed by atoms with E-state index in [0.717, 1.165) is 41.5 Å². The molecule has 0 aliphatic rings. The maximum atomic E-state index is 13.5. The lowest BCUT2D eigenvalue weighted by Crippen LogP contribution is -2.33. The van der Waals surface area contributed by atoms with Crippen molar-refractivity contribution >= 4 is 5.97 Å². The van der Waals surface area contributed by atoms with Crippen LogP contribution in [-0.2, 0) is 11.2 Å². The Morgan fingerprint density at radius 3 is 1.73 bits per heavy atom. The summed E-state index contributed by atoms with van der Waals surface area (Å²) >= 11 is 0. The Hall–Kier alpha value is -3.08. The standard InChI is InChI=1S/C35H43F3O2/c1-3-5-7-9-10-11-15-27-19-21-28(22-20-27)31-16-13-14-17-32(31)29-23-25-30(26-24-29)34(39)40-33(35(36,37)38)18-12-8-6-4-2/h13-14,16-17,19-26,33H,3-12,15,18H2,1-2H3. The number of hydrogen-bond donors (Lipinski definition) is 0. The van der Waals surface area contributed by atoms with Gasteiger partial charge in [0.05, 0.1) is 5.56 Å². The van der Waals surface area contributed by atoms with Gasteiger partial charge in [0.1, 0.15) is 0 Å². The SMILES string of the molecule is CCCCCCCCc1ccc(-c2ccccc2-c2ccc(C(=O)OC(CCCCCC)C(F)(F)F)cc2)cc1. The van der Waals surface area contributed by atoms with Gasteiger partial charge in [-0.25, -0.2) is 4.79 Å². The molecule has 0 bridgehead atoms. The third kappa shape index (κ3) is 9.83. The van der Waals surface area contributed by atoms with Crippen molar-refractivity contribution in [1.29, 1.82) is 0 Å². The zero-order chi connectivity index (χ0) is 28.8. The smallest absolute Gasteiger partial charge is 0.425 e. The minimum absolute atomic E-state index is 0.114. The summed E-state index contributed by atoms with van der Waals surface area (Å²) in [5.74, 6) is -0.946. The van der Waals surface area contributed by atoms with E-state index >= 15 is 0 Å². The molecular weight excluding hydrogens is 509 g/mol. The zero-order valence-corrected chi connectivity index (χ0v) is 23.9. The van der Waals surface area contributed by atoms with Gasteiger partial charge in [-0.1, -0.05) is 126 Å². The quantitative estimate of drug-likeness (QED) is 0.130. The number of ether oxygens (including phenoxy) is 1. The molecule has 3 aromatic carbocycles. The van der Waals surface area contributed by atoms with Gasteiger partial charge in [0.2, 0.25) is 0 Å². The average molecular weight is 553 g/mol. The Kier molecular flexibility index (Phi) is 12.8. The van der Waals surface area contributed by atoms with Gasteiger partial charge in [0, 0.05) is 0 Å². The molecule has 1 atom stereocenters. The number of esters is 1. The van der Waals surface area contributed by atoms with E-state index in [1.54, 1.807) is 24.3 Å². The van der Waals surface area contributed by atoms with Crippen LogP contribution in [0.3, 0.4) is 0 Å². The lowest BCUT2D eigenvalue weighted by molar-refractivity contribution is -0.206. The second-order valence-corrected chi connectivity index (χ2v) is 10.6. The van der Waals surface area contributed by atoms with Crippen molar-refractivity contribution in [2.24, 2.45) is 0 Å². The predicted octanol–water partition coefficient (Wildman–Crippen LogP) is 11.0. The summed E-state index contributed by atoms with van der Waals surface area (Å²) in [5, 5.41) is 0. The van der Waals surface area contributed by atoms with Gasteiger partial charge in [-0.15, -0.1) is 0 Å². The molecule has 5 heteroatoms. The molecule has 0 aliphatic carbocycles. The van der Waals surface area contributed by atoms with Crippen molar-refractivity contribution < 1.29 is 22.7 Å². The van der Waals surface area contributed by atoms with E-state index < -0.39 is 18.2 Å². The third-order valence-electron chi connectivity index (χ3n) is 7.38. The van der Waals surface area contributed by atoms with Crippen LogP contribution in [0.15, 0.2) is 72.8 Å². The zero-order valence-electron chi connectivity index (χ0n) is 23.9. The Balaban J connectivity index is 1.66.